The zero-order valence-electron chi connectivity index (χ0n) is 14.3. The highest BCUT2D eigenvalue weighted by molar-refractivity contribution is 6.62. The Kier molecular flexibility index (Phi) is 3.99. The number of rotatable bonds is 2. The van der Waals surface area contributed by atoms with Crippen molar-refractivity contribution in [3.8, 4) is 17.2 Å². The molecule has 1 heterocycles. The van der Waals surface area contributed by atoms with Crippen molar-refractivity contribution in [3.05, 3.63) is 53.8 Å². The molecule has 3 nitrogen and oxygen atoms in total. The summed E-state index contributed by atoms with van der Waals surface area (Å²) >= 11 is 0. The van der Waals surface area contributed by atoms with Gasteiger partial charge in [0.15, 0.2) is 0 Å². The first kappa shape index (κ1) is 16.7. The maximum Gasteiger partial charge on any atom is 0.497 e. The van der Waals surface area contributed by atoms with Gasteiger partial charge in [-0.25, -0.2) is 4.39 Å². The average molecular weight is 323 g/mol. The van der Waals surface area contributed by atoms with E-state index in [9.17, 15) is 4.39 Å². The van der Waals surface area contributed by atoms with Gasteiger partial charge in [-0.3, -0.25) is 0 Å². The van der Waals surface area contributed by atoms with E-state index in [0.717, 1.165) is 5.56 Å². The number of hydrogen-bond donors (Lipinski definition) is 0. The van der Waals surface area contributed by atoms with Crippen molar-refractivity contribution in [1.29, 1.82) is 5.26 Å². The monoisotopic (exact) mass is 323 g/mol. The standard InChI is InChI=1S/C19H19BFNO2/c1-18(2)19(3,4)24-20(23-18)16-9-8-15(11-17(16)21)14-7-5-6-13(10-14)12-22/h5-11H,1-4H3. The van der Waals surface area contributed by atoms with Crippen LogP contribution in [-0.2, 0) is 9.31 Å². The van der Waals surface area contributed by atoms with Crippen molar-refractivity contribution in [2.24, 2.45) is 0 Å². The molecule has 1 fully saturated rings. The third kappa shape index (κ3) is 2.84. The molecule has 0 amide bonds. The van der Waals surface area contributed by atoms with Crippen molar-refractivity contribution >= 4 is 12.6 Å². The minimum absolute atomic E-state index is 0.381. The average Bonchev–Trinajstić information content (AvgIpc) is 2.75. The Labute approximate surface area is 142 Å². The van der Waals surface area contributed by atoms with Crippen molar-refractivity contribution in [1.82, 2.24) is 0 Å². The molecule has 1 aliphatic rings. The Morgan fingerprint density at radius 3 is 2.17 bits per heavy atom. The van der Waals surface area contributed by atoms with E-state index in [-0.39, 0.29) is 5.82 Å². The molecule has 2 aromatic carbocycles. The van der Waals surface area contributed by atoms with Crippen LogP contribution in [0.15, 0.2) is 42.5 Å². The zero-order chi connectivity index (χ0) is 17.5. The van der Waals surface area contributed by atoms with Crippen molar-refractivity contribution < 1.29 is 13.7 Å². The summed E-state index contributed by atoms with van der Waals surface area (Å²) in [6.07, 6.45) is 0. The molecule has 0 radical (unpaired) electrons. The molecule has 0 saturated carbocycles. The minimum Gasteiger partial charge on any atom is -0.399 e. The second-order valence-corrected chi connectivity index (χ2v) is 7.02. The van der Waals surface area contributed by atoms with Gasteiger partial charge in [-0.2, -0.15) is 5.26 Å². The summed E-state index contributed by atoms with van der Waals surface area (Å²) < 4.78 is 26.5. The minimum atomic E-state index is -0.727. The molecule has 24 heavy (non-hydrogen) atoms. The van der Waals surface area contributed by atoms with Crippen LogP contribution in [0.25, 0.3) is 11.1 Å². The first-order valence-electron chi connectivity index (χ1n) is 7.89. The number of hydrogen-bond acceptors (Lipinski definition) is 3. The Hall–Kier alpha value is -2.16. The fourth-order valence-electron chi connectivity index (χ4n) is 2.64. The Morgan fingerprint density at radius 1 is 0.958 bits per heavy atom. The van der Waals surface area contributed by atoms with Gasteiger partial charge in [0.2, 0.25) is 0 Å². The van der Waals surface area contributed by atoms with E-state index in [4.69, 9.17) is 14.6 Å². The van der Waals surface area contributed by atoms with Crippen LogP contribution in [0.1, 0.15) is 33.3 Å². The van der Waals surface area contributed by atoms with Crippen LogP contribution in [0, 0.1) is 17.1 Å². The molecule has 1 saturated heterocycles. The van der Waals surface area contributed by atoms with Crippen LogP contribution in [-0.4, -0.2) is 18.3 Å². The predicted octanol–water partition coefficient (Wildman–Crippen LogP) is 3.66. The molecule has 0 N–H and O–H groups in total. The topological polar surface area (TPSA) is 42.2 Å². The summed E-state index contributed by atoms with van der Waals surface area (Å²) in [5.41, 5.74) is 1.42. The molecule has 0 spiro atoms. The van der Waals surface area contributed by atoms with Gasteiger partial charge < -0.3 is 9.31 Å². The normalized spacial score (nSPS) is 18.4. The second-order valence-electron chi connectivity index (χ2n) is 7.02. The molecule has 122 valence electrons. The van der Waals surface area contributed by atoms with Crippen LogP contribution in [0.3, 0.4) is 0 Å². The van der Waals surface area contributed by atoms with E-state index < -0.39 is 18.3 Å². The maximum atomic E-state index is 14.6. The van der Waals surface area contributed by atoms with Gasteiger partial charge >= 0.3 is 7.12 Å². The summed E-state index contributed by atoms with van der Waals surface area (Å²) in [4.78, 5) is 0. The van der Waals surface area contributed by atoms with Gasteiger partial charge in [-0.15, -0.1) is 0 Å². The summed E-state index contributed by atoms with van der Waals surface area (Å²) in [5.74, 6) is -0.381. The van der Waals surface area contributed by atoms with Crippen LogP contribution in [0.2, 0.25) is 0 Å². The Bertz CT molecular complexity index is 810. The number of nitrogens with zero attached hydrogens (tertiary/aromatic N) is 1. The molecule has 0 aromatic heterocycles. The lowest BCUT2D eigenvalue weighted by molar-refractivity contribution is 0.00578. The Morgan fingerprint density at radius 2 is 1.58 bits per heavy atom. The van der Waals surface area contributed by atoms with E-state index in [1.807, 2.05) is 39.8 Å². The van der Waals surface area contributed by atoms with E-state index in [1.165, 1.54) is 6.07 Å². The van der Waals surface area contributed by atoms with Crippen LogP contribution >= 0.6 is 0 Å². The largest absolute Gasteiger partial charge is 0.497 e. The molecule has 0 aliphatic carbocycles. The third-order valence-corrected chi connectivity index (χ3v) is 4.83. The van der Waals surface area contributed by atoms with Crippen molar-refractivity contribution in [3.63, 3.8) is 0 Å². The van der Waals surface area contributed by atoms with Gasteiger partial charge in [0.05, 0.1) is 22.8 Å². The molecular formula is C19H19BFNO2. The lowest BCUT2D eigenvalue weighted by Crippen LogP contribution is -2.41. The number of halogens is 1. The lowest BCUT2D eigenvalue weighted by Gasteiger charge is -2.32. The predicted molar refractivity (Wildman–Crippen MR) is 92.3 cm³/mol. The molecule has 0 bridgehead atoms. The van der Waals surface area contributed by atoms with Crippen LogP contribution < -0.4 is 5.46 Å². The maximum absolute atomic E-state index is 14.6. The molecule has 2 aromatic rings. The van der Waals surface area contributed by atoms with E-state index in [0.29, 0.717) is 16.6 Å². The smallest absolute Gasteiger partial charge is 0.399 e. The van der Waals surface area contributed by atoms with Gasteiger partial charge in [0, 0.05) is 5.46 Å². The van der Waals surface area contributed by atoms with Crippen molar-refractivity contribution in [2.45, 2.75) is 38.9 Å². The van der Waals surface area contributed by atoms with Gasteiger partial charge in [0.1, 0.15) is 5.82 Å². The third-order valence-electron chi connectivity index (χ3n) is 4.83. The molecule has 0 unspecified atom stereocenters. The Balaban J connectivity index is 1.93. The summed E-state index contributed by atoms with van der Waals surface area (Å²) in [6, 6.07) is 14.2. The quantitative estimate of drug-likeness (QED) is 0.792. The molecule has 5 heteroatoms. The van der Waals surface area contributed by atoms with Gasteiger partial charge in [-0.1, -0.05) is 24.3 Å². The molecule has 0 atom stereocenters. The van der Waals surface area contributed by atoms with Gasteiger partial charge in [0.25, 0.3) is 0 Å². The molecule has 1 aliphatic heterocycles. The first-order chi connectivity index (χ1) is 11.2. The number of benzene rings is 2. The van der Waals surface area contributed by atoms with Crippen LogP contribution in [0.5, 0.6) is 0 Å². The molecular weight excluding hydrogens is 304 g/mol. The SMILES string of the molecule is CC1(C)OB(c2ccc(-c3cccc(C#N)c3)cc2F)OC1(C)C. The fourth-order valence-corrected chi connectivity index (χ4v) is 2.64. The zero-order valence-corrected chi connectivity index (χ0v) is 14.3. The fraction of sp³-hybridized carbons (Fsp3) is 0.316. The second kappa shape index (κ2) is 5.73. The van der Waals surface area contributed by atoms with Crippen molar-refractivity contribution in [2.75, 3.05) is 0 Å². The summed E-state index contributed by atoms with van der Waals surface area (Å²) in [5, 5.41) is 8.99. The number of nitriles is 1. The highest BCUT2D eigenvalue weighted by Gasteiger charge is 2.52. The summed E-state index contributed by atoms with van der Waals surface area (Å²) in [7, 11) is -0.727. The van der Waals surface area contributed by atoms with Crippen LogP contribution in [0.4, 0.5) is 4.39 Å². The lowest BCUT2D eigenvalue weighted by atomic mass is 9.78. The summed E-state index contributed by atoms with van der Waals surface area (Å²) in [6.45, 7) is 7.75. The van der Waals surface area contributed by atoms with E-state index in [1.54, 1.807) is 24.3 Å². The first-order valence-corrected chi connectivity index (χ1v) is 7.89. The van der Waals surface area contributed by atoms with E-state index >= 15 is 0 Å². The van der Waals surface area contributed by atoms with E-state index in [2.05, 4.69) is 6.07 Å². The molecule has 3 rings (SSSR count). The highest BCUT2D eigenvalue weighted by atomic mass is 19.1. The van der Waals surface area contributed by atoms with Gasteiger partial charge in [-0.05, 0) is 57.0 Å². The highest BCUT2D eigenvalue weighted by Crippen LogP contribution is 2.36.